The van der Waals surface area contributed by atoms with Crippen molar-refractivity contribution >= 4 is 40.3 Å². The van der Waals surface area contributed by atoms with Crippen molar-refractivity contribution in [3.63, 3.8) is 0 Å². The van der Waals surface area contributed by atoms with Crippen LogP contribution in [-0.4, -0.2) is 26.4 Å². The second kappa shape index (κ2) is 10.0. The van der Waals surface area contributed by atoms with E-state index in [-0.39, 0.29) is 6.61 Å². The van der Waals surface area contributed by atoms with Gasteiger partial charge in [-0.3, -0.25) is 10.3 Å². The molecule has 0 aliphatic heterocycles. The van der Waals surface area contributed by atoms with E-state index in [4.69, 9.17) is 9.15 Å². The summed E-state index contributed by atoms with van der Waals surface area (Å²) < 4.78 is 10.5. The lowest BCUT2D eigenvalue weighted by atomic mass is 10.1. The molecule has 0 radical (unpaired) electrons. The molecule has 0 atom stereocenters. The Kier molecular flexibility index (Phi) is 6.73. The molecular weight excluding hydrogens is 430 g/mol. The Balaban J connectivity index is 1.32. The Bertz CT molecular complexity index is 1390. The van der Waals surface area contributed by atoms with Crippen LogP contribution in [0.5, 0.6) is 0 Å². The van der Waals surface area contributed by atoms with Gasteiger partial charge in [0, 0.05) is 49.2 Å². The maximum atomic E-state index is 12.2. The number of hydrogen-bond acceptors (Lipinski definition) is 6. The molecule has 0 bridgehead atoms. The predicted molar refractivity (Wildman–Crippen MR) is 135 cm³/mol. The summed E-state index contributed by atoms with van der Waals surface area (Å²) in [5, 5.41) is 3.47. The van der Waals surface area contributed by atoms with Gasteiger partial charge in [0.1, 0.15) is 12.2 Å². The largest absolute Gasteiger partial charge is 0.444 e. The Morgan fingerprint density at radius 1 is 1.03 bits per heavy atom. The lowest BCUT2D eigenvalue weighted by Crippen LogP contribution is -2.13. The average Bonchev–Trinajstić information content (AvgIpc) is 2.82. The van der Waals surface area contributed by atoms with E-state index in [0.29, 0.717) is 11.3 Å². The summed E-state index contributed by atoms with van der Waals surface area (Å²) in [6.07, 6.45) is 1.21. The van der Waals surface area contributed by atoms with Crippen molar-refractivity contribution in [1.29, 1.82) is 0 Å². The molecule has 0 fully saturated rings. The number of nitrogens with one attached hydrogen (secondary N) is 1. The molecular formula is C27H25N3O4. The molecule has 3 aromatic carbocycles. The Hall–Kier alpha value is -4.39. The van der Waals surface area contributed by atoms with E-state index < -0.39 is 11.7 Å². The molecule has 0 aliphatic carbocycles. The van der Waals surface area contributed by atoms with Gasteiger partial charge in [-0.1, -0.05) is 24.3 Å². The minimum absolute atomic E-state index is 0.115. The number of aryl methyl sites for hydroxylation is 1. The molecule has 34 heavy (non-hydrogen) atoms. The topological polar surface area (TPSA) is 84.1 Å². The summed E-state index contributed by atoms with van der Waals surface area (Å²) >= 11 is 0. The summed E-state index contributed by atoms with van der Waals surface area (Å²) in [6, 6.07) is 22.2. The third kappa shape index (κ3) is 5.69. The molecule has 0 unspecified atom stereocenters. The number of rotatable bonds is 6. The molecule has 172 valence electrons. The molecule has 1 heterocycles. The normalized spacial score (nSPS) is 11.0. The number of carbonyl (C=O) groups excluding carboxylic acids is 1. The molecule has 0 saturated carbocycles. The molecule has 0 spiro atoms. The number of carbonyl (C=O) groups is 1. The number of anilines is 2. The van der Waals surface area contributed by atoms with E-state index in [2.05, 4.69) is 10.3 Å². The molecule has 1 amide bonds. The van der Waals surface area contributed by atoms with Crippen molar-refractivity contribution in [2.24, 2.45) is 4.99 Å². The predicted octanol–water partition coefficient (Wildman–Crippen LogP) is 5.67. The fraction of sp³-hybridized carbons (Fsp3) is 0.148. The van der Waals surface area contributed by atoms with E-state index in [0.717, 1.165) is 33.5 Å². The van der Waals surface area contributed by atoms with Gasteiger partial charge in [-0.2, -0.15) is 0 Å². The summed E-state index contributed by atoms with van der Waals surface area (Å²) in [7, 11) is 4.01. The first-order chi connectivity index (χ1) is 16.4. The van der Waals surface area contributed by atoms with Crippen molar-refractivity contribution in [2.45, 2.75) is 13.5 Å². The van der Waals surface area contributed by atoms with Gasteiger partial charge in [0.05, 0.1) is 5.69 Å². The number of benzene rings is 3. The molecule has 0 aliphatic rings. The SMILES string of the molecule is Cc1cc(=O)oc2cc(NC(=O)OCc3ccc(N=Cc4ccc(N(C)C)cc4)cc3)ccc12. The zero-order chi connectivity index (χ0) is 24.1. The Labute approximate surface area is 197 Å². The minimum atomic E-state index is -0.599. The number of nitrogens with zero attached hydrogens (tertiary/aromatic N) is 2. The Morgan fingerprint density at radius 3 is 2.47 bits per heavy atom. The first-order valence-electron chi connectivity index (χ1n) is 10.8. The molecule has 4 rings (SSSR count). The number of hydrogen-bond donors (Lipinski definition) is 1. The highest BCUT2D eigenvalue weighted by atomic mass is 16.5. The van der Waals surface area contributed by atoms with Crippen LogP contribution in [0.15, 0.2) is 87.0 Å². The fourth-order valence-electron chi connectivity index (χ4n) is 3.39. The molecule has 0 saturated heterocycles. The summed E-state index contributed by atoms with van der Waals surface area (Å²) in [4.78, 5) is 30.3. The van der Waals surface area contributed by atoms with Crippen LogP contribution in [0, 0.1) is 6.92 Å². The van der Waals surface area contributed by atoms with Crippen LogP contribution in [0.1, 0.15) is 16.7 Å². The summed E-state index contributed by atoms with van der Waals surface area (Å²) in [6.45, 7) is 1.95. The van der Waals surface area contributed by atoms with Crippen molar-refractivity contribution in [3.05, 3.63) is 99.9 Å². The summed E-state index contributed by atoms with van der Waals surface area (Å²) in [5.74, 6) is 0. The van der Waals surface area contributed by atoms with Crippen LogP contribution in [-0.2, 0) is 11.3 Å². The summed E-state index contributed by atoms with van der Waals surface area (Å²) in [5.41, 5.74) is 5.06. The number of ether oxygens (including phenoxy) is 1. The highest BCUT2D eigenvalue weighted by Crippen LogP contribution is 2.21. The van der Waals surface area contributed by atoms with Gasteiger partial charge in [-0.15, -0.1) is 0 Å². The quantitative estimate of drug-likeness (QED) is 0.299. The molecule has 4 aromatic rings. The van der Waals surface area contributed by atoms with Gasteiger partial charge >= 0.3 is 11.7 Å². The molecule has 1 aromatic heterocycles. The Morgan fingerprint density at radius 2 is 1.76 bits per heavy atom. The molecule has 1 N–H and O–H groups in total. The standard InChI is InChI=1S/C27H25N3O4/c1-18-14-26(31)34-25-15-22(10-13-24(18)25)29-27(32)33-17-20-4-8-21(9-5-20)28-16-19-6-11-23(12-7-19)30(2)3/h4-16H,17H2,1-3H3,(H,29,32). The van der Waals surface area contributed by atoms with Gasteiger partial charge < -0.3 is 14.1 Å². The van der Waals surface area contributed by atoms with Crippen molar-refractivity contribution in [2.75, 3.05) is 24.3 Å². The fourth-order valence-corrected chi connectivity index (χ4v) is 3.39. The highest BCUT2D eigenvalue weighted by Gasteiger charge is 2.07. The first-order valence-corrected chi connectivity index (χ1v) is 10.8. The van der Waals surface area contributed by atoms with Crippen LogP contribution >= 0.6 is 0 Å². The van der Waals surface area contributed by atoms with Crippen LogP contribution in [0.2, 0.25) is 0 Å². The minimum Gasteiger partial charge on any atom is -0.444 e. The van der Waals surface area contributed by atoms with Gasteiger partial charge in [0.25, 0.3) is 0 Å². The third-order valence-corrected chi connectivity index (χ3v) is 5.28. The molecule has 7 heteroatoms. The third-order valence-electron chi connectivity index (χ3n) is 5.28. The van der Waals surface area contributed by atoms with Crippen molar-refractivity contribution in [3.8, 4) is 0 Å². The zero-order valence-electron chi connectivity index (χ0n) is 19.2. The van der Waals surface area contributed by atoms with Crippen LogP contribution in [0.4, 0.5) is 21.9 Å². The van der Waals surface area contributed by atoms with E-state index in [1.807, 2.05) is 80.7 Å². The number of aliphatic imine (C=N–C) groups is 1. The van der Waals surface area contributed by atoms with Gasteiger partial charge in [-0.25, -0.2) is 9.59 Å². The first kappa shape index (κ1) is 22.8. The van der Waals surface area contributed by atoms with Crippen molar-refractivity contribution in [1.82, 2.24) is 0 Å². The number of fused-ring (bicyclic) bond motifs is 1. The lowest BCUT2D eigenvalue weighted by Gasteiger charge is -2.11. The monoisotopic (exact) mass is 455 g/mol. The maximum Gasteiger partial charge on any atom is 0.411 e. The average molecular weight is 456 g/mol. The zero-order valence-corrected chi connectivity index (χ0v) is 19.2. The van der Waals surface area contributed by atoms with Crippen LogP contribution in [0.25, 0.3) is 11.0 Å². The number of amides is 1. The van der Waals surface area contributed by atoms with E-state index >= 15 is 0 Å². The van der Waals surface area contributed by atoms with Gasteiger partial charge in [0.2, 0.25) is 0 Å². The second-order valence-corrected chi connectivity index (χ2v) is 8.07. The van der Waals surface area contributed by atoms with E-state index in [1.54, 1.807) is 18.2 Å². The smallest absolute Gasteiger partial charge is 0.411 e. The molecule has 7 nitrogen and oxygen atoms in total. The van der Waals surface area contributed by atoms with E-state index in [9.17, 15) is 9.59 Å². The van der Waals surface area contributed by atoms with Crippen LogP contribution in [0.3, 0.4) is 0 Å². The van der Waals surface area contributed by atoms with Crippen molar-refractivity contribution < 1.29 is 13.9 Å². The second-order valence-electron chi connectivity index (χ2n) is 8.07. The lowest BCUT2D eigenvalue weighted by molar-refractivity contribution is 0.155. The van der Waals surface area contributed by atoms with Gasteiger partial charge in [-0.05, 0) is 60.0 Å². The van der Waals surface area contributed by atoms with Gasteiger partial charge in [0.15, 0.2) is 0 Å². The maximum absolute atomic E-state index is 12.2. The highest BCUT2D eigenvalue weighted by molar-refractivity contribution is 5.90. The van der Waals surface area contributed by atoms with Crippen LogP contribution < -0.4 is 15.8 Å². The van der Waals surface area contributed by atoms with E-state index in [1.165, 1.54) is 6.07 Å².